The van der Waals surface area contributed by atoms with Crippen molar-refractivity contribution in [2.24, 2.45) is 0 Å². The molecule has 2 rings (SSSR count). The molecule has 0 saturated heterocycles. The lowest BCUT2D eigenvalue weighted by molar-refractivity contribution is -0.120. The number of para-hydroxylation sites is 1. The van der Waals surface area contributed by atoms with E-state index in [1.807, 2.05) is 29.2 Å². The van der Waals surface area contributed by atoms with E-state index in [1.54, 1.807) is 0 Å². The fraction of sp³-hybridized carbons (Fsp3) is 0.500. The molecule has 1 aliphatic rings. The van der Waals surface area contributed by atoms with Gasteiger partial charge in [0.2, 0.25) is 5.91 Å². The van der Waals surface area contributed by atoms with Crippen molar-refractivity contribution < 1.29 is 9.90 Å². The summed E-state index contributed by atoms with van der Waals surface area (Å²) in [5, 5.41) is 9.33. The van der Waals surface area contributed by atoms with Crippen LogP contribution in [0.1, 0.15) is 37.7 Å². The summed E-state index contributed by atoms with van der Waals surface area (Å²) in [6, 6.07) is 7.77. The summed E-state index contributed by atoms with van der Waals surface area (Å²) < 4.78 is 0. The average molecular weight is 233 g/mol. The van der Waals surface area contributed by atoms with Crippen LogP contribution in [-0.2, 0) is 4.79 Å². The Kier molecular flexibility index (Phi) is 3.79. The molecule has 0 fully saturated rings. The third-order valence-corrected chi connectivity index (χ3v) is 3.33. The number of hydrogen-bond acceptors (Lipinski definition) is 2. The Balaban J connectivity index is 2.20. The van der Waals surface area contributed by atoms with Gasteiger partial charge in [0.25, 0.3) is 0 Å². The monoisotopic (exact) mass is 233 g/mol. The van der Waals surface area contributed by atoms with Gasteiger partial charge in [0, 0.05) is 12.2 Å². The second-order valence-electron chi connectivity index (χ2n) is 4.49. The number of aliphatic hydroxyl groups excluding tert-OH is 1. The van der Waals surface area contributed by atoms with Crippen molar-refractivity contribution in [3.05, 3.63) is 29.8 Å². The minimum atomic E-state index is -0.354. The maximum absolute atomic E-state index is 12.2. The van der Waals surface area contributed by atoms with Gasteiger partial charge >= 0.3 is 0 Å². The highest BCUT2D eigenvalue weighted by Gasteiger charge is 2.35. The Morgan fingerprint density at radius 1 is 1.29 bits per heavy atom. The van der Waals surface area contributed by atoms with Crippen LogP contribution in [0.4, 0.5) is 5.69 Å². The zero-order chi connectivity index (χ0) is 12.3. The first-order valence-electron chi connectivity index (χ1n) is 6.30. The van der Waals surface area contributed by atoms with Gasteiger partial charge in [0.15, 0.2) is 0 Å². The quantitative estimate of drug-likeness (QED) is 0.793. The Bertz CT molecular complexity index is 403. The van der Waals surface area contributed by atoms with E-state index in [-0.39, 0.29) is 18.4 Å². The summed E-state index contributed by atoms with van der Waals surface area (Å²) >= 11 is 0. The Morgan fingerprint density at radius 3 is 2.76 bits per heavy atom. The number of rotatable bonds is 5. The van der Waals surface area contributed by atoms with Gasteiger partial charge in [-0.15, -0.1) is 0 Å². The van der Waals surface area contributed by atoms with Crippen LogP contribution in [0, 0.1) is 0 Å². The maximum atomic E-state index is 12.2. The van der Waals surface area contributed by atoms with Crippen molar-refractivity contribution in [1.82, 2.24) is 0 Å². The van der Waals surface area contributed by atoms with E-state index in [2.05, 4.69) is 6.92 Å². The predicted molar refractivity (Wildman–Crippen MR) is 68.1 cm³/mol. The van der Waals surface area contributed by atoms with Crippen LogP contribution in [0.25, 0.3) is 0 Å². The number of carbonyl (C=O) groups is 1. The summed E-state index contributed by atoms with van der Waals surface area (Å²) in [5.74, 6) is -0.308. The summed E-state index contributed by atoms with van der Waals surface area (Å²) in [6.45, 7) is 2.82. The lowest BCUT2D eigenvalue weighted by Gasteiger charge is -2.17. The zero-order valence-corrected chi connectivity index (χ0v) is 10.2. The SMILES string of the molecule is CCCCCN1C(=O)C(CO)c2ccccc21. The minimum Gasteiger partial charge on any atom is -0.395 e. The first-order chi connectivity index (χ1) is 8.29. The zero-order valence-electron chi connectivity index (χ0n) is 10.2. The van der Waals surface area contributed by atoms with Crippen LogP contribution < -0.4 is 4.90 Å². The number of carbonyl (C=O) groups excluding carboxylic acids is 1. The number of unbranched alkanes of at least 4 members (excludes halogenated alkanes) is 2. The topological polar surface area (TPSA) is 40.5 Å². The standard InChI is InChI=1S/C14H19NO2/c1-2-3-6-9-15-13-8-5-4-7-11(13)12(10-16)14(15)17/h4-5,7-8,12,16H,2-3,6,9-10H2,1H3. The third-order valence-electron chi connectivity index (χ3n) is 3.33. The molecule has 1 aromatic rings. The summed E-state index contributed by atoms with van der Waals surface area (Å²) in [7, 11) is 0. The van der Waals surface area contributed by atoms with Crippen LogP contribution in [0.5, 0.6) is 0 Å². The molecule has 0 aromatic heterocycles. The smallest absolute Gasteiger partial charge is 0.236 e. The number of anilines is 1. The van der Waals surface area contributed by atoms with Gasteiger partial charge in [-0.1, -0.05) is 38.0 Å². The van der Waals surface area contributed by atoms with Gasteiger partial charge in [-0.3, -0.25) is 4.79 Å². The molecule has 1 unspecified atom stereocenters. The van der Waals surface area contributed by atoms with Gasteiger partial charge in [-0.2, -0.15) is 0 Å². The largest absolute Gasteiger partial charge is 0.395 e. The number of amides is 1. The second kappa shape index (κ2) is 5.32. The van der Waals surface area contributed by atoms with Crippen LogP contribution in [0.3, 0.4) is 0 Å². The van der Waals surface area contributed by atoms with Crippen LogP contribution in [0.2, 0.25) is 0 Å². The normalized spacial score (nSPS) is 18.6. The molecular formula is C14H19NO2. The molecule has 0 aliphatic carbocycles. The molecule has 1 heterocycles. The van der Waals surface area contributed by atoms with Gasteiger partial charge in [-0.25, -0.2) is 0 Å². The molecule has 3 nitrogen and oxygen atoms in total. The third kappa shape index (κ3) is 2.20. The molecule has 0 radical (unpaired) electrons. The number of nitrogens with zero attached hydrogens (tertiary/aromatic N) is 1. The molecule has 1 N–H and O–H groups in total. The Labute approximate surface area is 102 Å². The number of benzene rings is 1. The molecule has 0 spiro atoms. The highest BCUT2D eigenvalue weighted by Crippen LogP contribution is 2.36. The van der Waals surface area contributed by atoms with E-state index in [9.17, 15) is 9.90 Å². The Hall–Kier alpha value is -1.35. The van der Waals surface area contributed by atoms with Crippen molar-refractivity contribution >= 4 is 11.6 Å². The molecule has 1 aliphatic heterocycles. The summed E-state index contributed by atoms with van der Waals surface area (Å²) in [6.07, 6.45) is 3.30. The molecule has 17 heavy (non-hydrogen) atoms. The fourth-order valence-electron chi connectivity index (χ4n) is 2.39. The van der Waals surface area contributed by atoms with E-state index in [1.165, 1.54) is 0 Å². The molecule has 1 amide bonds. The highest BCUT2D eigenvalue weighted by molar-refractivity contribution is 6.05. The first-order valence-corrected chi connectivity index (χ1v) is 6.30. The first kappa shape index (κ1) is 12.1. The molecule has 1 aromatic carbocycles. The van der Waals surface area contributed by atoms with E-state index in [0.717, 1.165) is 37.1 Å². The second-order valence-corrected chi connectivity index (χ2v) is 4.49. The maximum Gasteiger partial charge on any atom is 0.236 e. The molecule has 1 atom stereocenters. The molecule has 3 heteroatoms. The van der Waals surface area contributed by atoms with Crippen molar-refractivity contribution in [1.29, 1.82) is 0 Å². The highest BCUT2D eigenvalue weighted by atomic mass is 16.3. The number of fused-ring (bicyclic) bond motifs is 1. The van der Waals surface area contributed by atoms with Crippen molar-refractivity contribution in [2.45, 2.75) is 32.1 Å². The number of aliphatic hydroxyl groups is 1. The minimum absolute atomic E-state index is 0.0461. The van der Waals surface area contributed by atoms with Gasteiger partial charge < -0.3 is 10.0 Å². The molecule has 0 saturated carbocycles. The van der Waals surface area contributed by atoms with Gasteiger partial charge in [0.1, 0.15) is 0 Å². The van der Waals surface area contributed by atoms with Crippen molar-refractivity contribution in [2.75, 3.05) is 18.1 Å². The lowest BCUT2D eigenvalue weighted by Crippen LogP contribution is -2.30. The number of hydrogen-bond donors (Lipinski definition) is 1. The lowest BCUT2D eigenvalue weighted by atomic mass is 10.0. The average Bonchev–Trinajstić information content (AvgIpc) is 2.62. The van der Waals surface area contributed by atoms with E-state index >= 15 is 0 Å². The van der Waals surface area contributed by atoms with E-state index in [4.69, 9.17) is 0 Å². The van der Waals surface area contributed by atoms with Crippen LogP contribution >= 0.6 is 0 Å². The van der Waals surface area contributed by atoms with Crippen LogP contribution in [-0.4, -0.2) is 24.2 Å². The van der Waals surface area contributed by atoms with Gasteiger partial charge in [-0.05, 0) is 18.1 Å². The molecular weight excluding hydrogens is 214 g/mol. The molecule has 0 bridgehead atoms. The summed E-state index contributed by atoms with van der Waals surface area (Å²) in [5.41, 5.74) is 1.95. The predicted octanol–water partition coefficient (Wildman–Crippen LogP) is 2.30. The Morgan fingerprint density at radius 2 is 2.06 bits per heavy atom. The molecule has 92 valence electrons. The summed E-state index contributed by atoms with van der Waals surface area (Å²) in [4.78, 5) is 14.0. The van der Waals surface area contributed by atoms with Crippen LogP contribution in [0.15, 0.2) is 24.3 Å². The fourth-order valence-corrected chi connectivity index (χ4v) is 2.39. The van der Waals surface area contributed by atoms with Crippen molar-refractivity contribution in [3.8, 4) is 0 Å². The van der Waals surface area contributed by atoms with Gasteiger partial charge in [0.05, 0.1) is 12.5 Å². The van der Waals surface area contributed by atoms with Crippen molar-refractivity contribution in [3.63, 3.8) is 0 Å². The van der Waals surface area contributed by atoms with E-state index < -0.39 is 0 Å². The van der Waals surface area contributed by atoms with E-state index in [0.29, 0.717) is 0 Å².